The number of alkyl halides is 1. The molecule has 10 heteroatoms. The van der Waals surface area contributed by atoms with E-state index in [-0.39, 0.29) is 30.7 Å². The van der Waals surface area contributed by atoms with Crippen LogP contribution in [0.3, 0.4) is 0 Å². The molecule has 0 bridgehead atoms. The summed E-state index contributed by atoms with van der Waals surface area (Å²) in [5.41, 5.74) is -0.750. The van der Waals surface area contributed by atoms with E-state index in [1.165, 1.54) is 6.07 Å². The molecule has 0 saturated carbocycles. The molecule has 1 aromatic rings. The van der Waals surface area contributed by atoms with Crippen molar-refractivity contribution in [2.75, 3.05) is 17.8 Å². The Morgan fingerprint density at radius 1 is 1.22 bits per heavy atom. The highest BCUT2D eigenvalue weighted by Gasteiger charge is 2.52. The van der Waals surface area contributed by atoms with E-state index in [1.54, 1.807) is 13.0 Å². The fourth-order valence-electron chi connectivity index (χ4n) is 3.12. The molecular weight excluding hydrogens is 377 g/mol. The van der Waals surface area contributed by atoms with Crippen LogP contribution in [0.25, 0.3) is 0 Å². The Balaban J connectivity index is 1.91. The minimum atomic E-state index is -4.05. The van der Waals surface area contributed by atoms with Crippen molar-refractivity contribution in [1.82, 2.24) is 4.31 Å². The van der Waals surface area contributed by atoms with Crippen molar-refractivity contribution >= 4 is 28.5 Å². The summed E-state index contributed by atoms with van der Waals surface area (Å²) < 4.78 is 68.4. The number of hydrogen-bond donors (Lipinski definition) is 1. The molecular formula is C17H25BF2N2O4S. The van der Waals surface area contributed by atoms with E-state index >= 15 is 4.39 Å². The maximum absolute atomic E-state index is 15.1. The standard InChI is InChI=1S/C17H25BF2N2O4S/c1-11-8-13(18-25-16(2,3)17(4,5)26-18)15(20)14(9-11)21-27(23,24)22-7-6-12(19)10-22/h8-9,12,21H,6-7,10H2,1-5H3/t12-/m1/s1. The van der Waals surface area contributed by atoms with Gasteiger partial charge in [-0.2, -0.15) is 12.7 Å². The summed E-state index contributed by atoms with van der Waals surface area (Å²) in [6.07, 6.45) is -1.07. The Morgan fingerprint density at radius 2 is 1.81 bits per heavy atom. The molecule has 1 aromatic carbocycles. The Bertz CT molecular complexity index is 832. The van der Waals surface area contributed by atoms with Gasteiger partial charge in [0.05, 0.1) is 16.9 Å². The highest BCUT2D eigenvalue weighted by molar-refractivity contribution is 7.90. The molecule has 1 N–H and O–H groups in total. The average Bonchev–Trinajstić information content (AvgIpc) is 3.04. The van der Waals surface area contributed by atoms with Crippen LogP contribution in [0.1, 0.15) is 39.7 Å². The predicted molar refractivity (Wildman–Crippen MR) is 100 cm³/mol. The van der Waals surface area contributed by atoms with E-state index in [1.807, 2.05) is 27.7 Å². The lowest BCUT2D eigenvalue weighted by molar-refractivity contribution is 0.00578. The first-order valence-corrected chi connectivity index (χ1v) is 10.3. The Morgan fingerprint density at radius 3 is 2.33 bits per heavy atom. The van der Waals surface area contributed by atoms with Gasteiger partial charge in [0.15, 0.2) is 0 Å². The molecule has 27 heavy (non-hydrogen) atoms. The second kappa shape index (κ2) is 6.68. The lowest BCUT2D eigenvalue weighted by atomic mass is 9.77. The van der Waals surface area contributed by atoms with Crippen LogP contribution in [-0.4, -0.2) is 50.3 Å². The molecule has 0 unspecified atom stereocenters. The highest BCUT2D eigenvalue weighted by Crippen LogP contribution is 2.37. The number of halogens is 2. The fraction of sp³-hybridized carbons (Fsp3) is 0.647. The lowest BCUT2D eigenvalue weighted by Gasteiger charge is -2.32. The highest BCUT2D eigenvalue weighted by atomic mass is 32.2. The molecule has 2 fully saturated rings. The van der Waals surface area contributed by atoms with Crippen molar-refractivity contribution in [2.24, 2.45) is 0 Å². The SMILES string of the molecule is Cc1cc(NS(=O)(=O)N2CC[C@@H](F)C2)c(F)c(B2OC(C)(C)C(C)(C)O2)c1. The van der Waals surface area contributed by atoms with Gasteiger partial charge >= 0.3 is 17.3 Å². The summed E-state index contributed by atoms with van der Waals surface area (Å²) >= 11 is 0. The van der Waals surface area contributed by atoms with Crippen molar-refractivity contribution in [1.29, 1.82) is 0 Å². The minimum Gasteiger partial charge on any atom is -0.399 e. The lowest BCUT2D eigenvalue weighted by Crippen LogP contribution is -2.41. The molecule has 0 aromatic heterocycles. The normalized spacial score (nSPS) is 25.1. The van der Waals surface area contributed by atoms with Gasteiger partial charge in [-0.25, -0.2) is 8.78 Å². The third kappa shape index (κ3) is 3.85. The van der Waals surface area contributed by atoms with Crippen LogP contribution in [-0.2, 0) is 19.5 Å². The summed E-state index contributed by atoms with van der Waals surface area (Å²) in [6, 6.07) is 2.97. The topological polar surface area (TPSA) is 67.9 Å². The number of benzene rings is 1. The van der Waals surface area contributed by atoms with E-state index in [2.05, 4.69) is 4.72 Å². The summed E-state index contributed by atoms with van der Waals surface area (Å²) in [5.74, 6) is -0.765. The van der Waals surface area contributed by atoms with Crippen molar-refractivity contribution < 1.29 is 26.5 Å². The first-order valence-electron chi connectivity index (χ1n) is 8.90. The van der Waals surface area contributed by atoms with Gasteiger partial charge in [0.1, 0.15) is 12.0 Å². The van der Waals surface area contributed by atoms with E-state index < -0.39 is 40.5 Å². The van der Waals surface area contributed by atoms with Gasteiger partial charge < -0.3 is 9.31 Å². The zero-order chi connectivity index (χ0) is 20.2. The van der Waals surface area contributed by atoms with Crippen LogP contribution < -0.4 is 10.2 Å². The maximum atomic E-state index is 15.1. The third-order valence-electron chi connectivity index (χ3n) is 5.42. The maximum Gasteiger partial charge on any atom is 0.497 e. The number of anilines is 1. The van der Waals surface area contributed by atoms with Gasteiger partial charge in [0.2, 0.25) is 0 Å². The molecule has 2 heterocycles. The van der Waals surface area contributed by atoms with Crippen molar-refractivity contribution in [2.45, 2.75) is 58.4 Å². The van der Waals surface area contributed by atoms with E-state index in [0.717, 1.165) is 4.31 Å². The van der Waals surface area contributed by atoms with E-state index in [0.29, 0.717) is 5.56 Å². The van der Waals surface area contributed by atoms with Crippen LogP contribution in [0.2, 0.25) is 0 Å². The summed E-state index contributed by atoms with van der Waals surface area (Å²) in [7, 11) is -5.01. The third-order valence-corrected chi connectivity index (χ3v) is 6.91. The summed E-state index contributed by atoms with van der Waals surface area (Å²) in [4.78, 5) is 0. The van der Waals surface area contributed by atoms with Crippen molar-refractivity contribution in [3.63, 3.8) is 0 Å². The largest absolute Gasteiger partial charge is 0.497 e. The van der Waals surface area contributed by atoms with Gasteiger partial charge in [-0.3, -0.25) is 4.72 Å². The smallest absolute Gasteiger partial charge is 0.399 e. The zero-order valence-corrected chi connectivity index (χ0v) is 17.0. The van der Waals surface area contributed by atoms with Gasteiger partial charge in [-0.1, -0.05) is 6.07 Å². The Hall–Kier alpha value is -1.23. The molecule has 1 atom stereocenters. The van der Waals surface area contributed by atoms with Gasteiger partial charge in [0.25, 0.3) is 0 Å². The van der Waals surface area contributed by atoms with Crippen LogP contribution >= 0.6 is 0 Å². The molecule has 6 nitrogen and oxygen atoms in total. The molecule has 0 amide bonds. The van der Waals surface area contributed by atoms with E-state index in [4.69, 9.17) is 9.31 Å². The molecule has 0 radical (unpaired) electrons. The van der Waals surface area contributed by atoms with Crippen LogP contribution in [0.5, 0.6) is 0 Å². The fourth-order valence-corrected chi connectivity index (χ4v) is 4.38. The van der Waals surface area contributed by atoms with Gasteiger partial charge in [-0.05, 0) is 52.7 Å². The molecule has 0 aliphatic carbocycles. The van der Waals surface area contributed by atoms with E-state index in [9.17, 15) is 12.8 Å². The second-order valence-corrected chi connectivity index (χ2v) is 9.83. The van der Waals surface area contributed by atoms with Crippen molar-refractivity contribution in [3.8, 4) is 0 Å². The Labute approximate surface area is 159 Å². The molecule has 2 aliphatic heterocycles. The van der Waals surface area contributed by atoms with Gasteiger partial charge in [0, 0.05) is 18.6 Å². The van der Waals surface area contributed by atoms with Crippen molar-refractivity contribution in [3.05, 3.63) is 23.5 Å². The number of aryl methyl sites for hydroxylation is 1. The average molecular weight is 402 g/mol. The number of hydrogen-bond acceptors (Lipinski definition) is 4. The van der Waals surface area contributed by atoms with Crippen LogP contribution in [0, 0.1) is 12.7 Å². The molecule has 150 valence electrons. The van der Waals surface area contributed by atoms with Crippen LogP contribution in [0.4, 0.5) is 14.5 Å². The second-order valence-electron chi connectivity index (χ2n) is 8.16. The molecule has 3 rings (SSSR count). The first-order chi connectivity index (χ1) is 12.3. The molecule has 0 spiro atoms. The zero-order valence-electron chi connectivity index (χ0n) is 16.2. The van der Waals surface area contributed by atoms with Crippen LogP contribution in [0.15, 0.2) is 12.1 Å². The number of nitrogens with zero attached hydrogens (tertiary/aromatic N) is 1. The summed E-state index contributed by atoms with van der Waals surface area (Å²) in [5, 5.41) is 0. The monoisotopic (exact) mass is 402 g/mol. The predicted octanol–water partition coefficient (Wildman–Crippen LogP) is 2.13. The first kappa shape index (κ1) is 20.5. The summed E-state index contributed by atoms with van der Waals surface area (Å²) in [6.45, 7) is 8.96. The molecule has 2 saturated heterocycles. The molecule has 2 aliphatic rings. The minimum absolute atomic E-state index is 0.0635. The van der Waals surface area contributed by atoms with Gasteiger partial charge in [-0.15, -0.1) is 0 Å². The quantitative estimate of drug-likeness (QED) is 0.784. The Kier molecular flexibility index (Phi) is 5.08. The number of nitrogens with one attached hydrogen (secondary N) is 1. The number of rotatable bonds is 4.